The van der Waals surface area contributed by atoms with E-state index in [1.807, 2.05) is 13.2 Å². The predicted octanol–water partition coefficient (Wildman–Crippen LogP) is 1.73. The van der Waals surface area contributed by atoms with Gasteiger partial charge in [-0.25, -0.2) is 9.97 Å². The largest absolute Gasteiger partial charge is 0.352 e. The molecule has 90 valence electrons. The van der Waals surface area contributed by atoms with E-state index < -0.39 is 0 Å². The maximum absolute atomic E-state index is 4.44. The van der Waals surface area contributed by atoms with Crippen LogP contribution in [-0.2, 0) is 7.05 Å². The lowest BCUT2D eigenvalue weighted by atomic mass is 10.3. The minimum atomic E-state index is 0.644. The first-order chi connectivity index (χ1) is 8.31. The van der Waals surface area contributed by atoms with E-state index in [1.165, 1.54) is 12.8 Å². The van der Waals surface area contributed by atoms with Crippen LogP contribution >= 0.6 is 15.9 Å². The summed E-state index contributed by atoms with van der Waals surface area (Å²) in [7, 11) is 1.91. The maximum atomic E-state index is 4.44. The maximum Gasteiger partial charge on any atom is 0.163 e. The molecule has 1 aliphatic carbocycles. The van der Waals surface area contributed by atoms with Crippen LogP contribution in [0.15, 0.2) is 12.5 Å². The second-order valence-electron chi connectivity index (χ2n) is 4.32. The van der Waals surface area contributed by atoms with Crippen LogP contribution in [-0.4, -0.2) is 37.7 Å². The van der Waals surface area contributed by atoms with Gasteiger partial charge in [-0.3, -0.25) is 4.68 Å². The summed E-state index contributed by atoms with van der Waals surface area (Å²) in [4.78, 5) is 11.1. The molecule has 1 aliphatic rings. The summed E-state index contributed by atoms with van der Waals surface area (Å²) in [5.74, 6) is 1.02. The smallest absolute Gasteiger partial charge is 0.163 e. The van der Waals surface area contributed by atoms with Crippen LogP contribution in [0.5, 0.6) is 0 Å². The SMILES string of the molecule is Cn1ncc2c(N(CCBr)C3CC3)ncnc21. The van der Waals surface area contributed by atoms with E-state index in [0.29, 0.717) is 6.04 Å². The van der Waals surface area contributed by atoms with Gasteiger partial charge in [-0.2, -0.15) is 5.10 Å². The third-order valence-corrected chi connectivity index (χ3v) is 3.45. The second-order valence-corrected chi connectivity index (χ2v) is 5.11. The van der Waals surface area contributed by atoms with E-state index in [9.17, 15) is 0 Å². The number of anilines is 1. The fraction of sp³-hybridized carbons (Fsp3) is 0.545. The number of hydrogen-bond acceptors (Lipinski definition) is 4. The number of fused-ring (bicyclic) bond motifs is 1. The van der Waals surface area contributed by atoms with E-state index in [1.54, 1.807) is 11.0 Å². The lowest BCUT2D eigenvalue weighted by molar-refractivity contribution is 0.783. The van der Waals surface area contributed by atoms with Crippen molar-refractivity contribution < 1.29 is 0 Å². The molecule has 6 heteroatoms. The van der Waals surface area contributed by atoms with Gasteiger partial charge in [-0.05, 0) is 12.8 Å². The molecule has 0 spiro atoms. The third-order valence-electron chi connectivity index (χ3n) is 3.09. The molecular weight excluding hydrogens is 282 g/mol. The van der Waals surface area contributed by atoms with E-state index in [4.69, 9.17) is 0 Å². The van der Waals surface area contributed by atoms with Crippen molar-refractivity contribution in [1.82, 2.24) is 19.7 Å². The van der Waals surface area contributed by atoms with Crippen molar-refractivity contribution in [2.75, 3.05) is 16.8 Å². The molecule has 17 heavy (non-hydrogen) atoms. The molecule has 0 unspecified atom stereocenters. The number of halogens is 1. The van der Waals surface area contributed by atoms with Gasteiger partial charge in [0.25, 0.3) is 0 Å². The summed E-state index contributed by atoms with van der Waals surface area (Å²) in [6, 6.07) is 0.644. The lowest BCUT2D eigenvalue weighted by Crippen LogP contribution is -2.28. The van der Waals surface area contributed by atoms with Crippen LogP contribution in [0.2, 0.25) is 0 Å². The third kappa shape index (κ3) is 1.90. The Labute approximate surface area is 108 Å². The highest BCUT2D eigenvalue weighted by molar-refractivity contribution is 9.09. The van der Waals surface area contributed by atoms with Gasteiger partial charge in [-0.15, -0.1) is 0 Å². The number of aromatic nitrogens is 4. The Morgan fingerprint density at radius 2 is 2.29 bits per heavy atom. The zero-order chi connectivity index (χ0) is 11.8. The molecule has 0 bridgehead atoms. The van der Waals surface area contributed by atoms with Crippen molar-refractivity contribution >= 4 is 32.8 Å². The molecule has 0 N–H and O–H groups in total. The van der Waals surface area contributed by atoms with Crippen LogP contribution in [0.4, 0.5) is 5.82 Å². The lowest BCUT2D eigenvalue weighted by Gasteiger charge is -2.22. The molecule has 0 amide bonds. The summed E-state index contributed by atoms with van der Waals surface area (Å²) in [5, 5.41) is 6.25. The van der Waals surface area contributed by atoms with Crippen molar-refractivity contribution in [3.05, 3.63) is 12.5 Å². The highest BCUT2D eigenvalue weighted by atomic mass is 79.9. The van der Waals surface area contributed by atoms with E-state index in [-0.39, 0.29) is 0 Å². The molecule has 5 nitrogen and oxygen atoms in total. The molecule has 1 fully saturated rings. The van der Waals surface area contributed by atoms with Gasteiger partial charge >= 0.3 is 0 Å². The fourth-order valence-electron chi connectivity index (χ4n) is 2.12. The minimum Gasteiger partial charge on any atom is -0.352 e. The molecule has 2 aromatic rings. The number of hydrogen-bond donors (Lipinski definition) is 0. The van der Waals surface area contributed by atoms with E-state index >= 15 is 0 Å². The molecule has 0 saturated heterocycles. The van der Waals surface area contributed by atoms with E-state index in [0.717, 1.165) is 28.7 Å². The average Bonchev–Trinajstić information content (AvgIpc) is 3.11. The zero-order valence-electron chi connectivity index (χ0n) is 9.67. The first-order valence-corrected chi connectivity index (χ1v) is 6.88. The van der Waals surface area contributed by atoms with Gasteiger partial charge in [0.1, 0.15) is 12.1 Å². The molecule has 2 aromatic heterocycles. The zero-order valence-corrected chi connectivity index (χ0v) is 11.3. The molecule has 0 aromatic carbocycles. The Bertz CT molecular complexity index is 534. The summed E-state index contributed by atoms with van der Waals surface area (Å²) in [5.41, 5.74) is 0.898. The molecule has 1 saturated carbocycles. The summed E-state index contributed by atoms with van der Waals surface area (Å²) in [6.07, 6.45) is 6.01. The van der Waals surface area contributed by atoms with Gasteiger partial charge in [0.05, 0.1) is 11.6 Å². The standard InChI is InChI=1S/C11H14BrN5/c1-16-10-9(6-15-16)11(14-7-13-10)17(5-4-12)8-2-3-8/h6-8H,2-5H2,1H3. The monoisotopic (exact) mass is 295 g/mol. The van der Waals surface area contributed by atoms with Gasteiger partial charge < -0.3 is 4.90 Å². The number of aryl methyl sites for hydroxylation is 1. The van der Waals surface area contributed by atoms with Crippen molar-refractivity contribution in [3.63, 3.8) is 0 Å². The molecule has 0 radical (unpaired) electrons. The van der Waals surface area contributed by atoms with Crippen molar-refractivity contribution in [2.45, 2.75) is 18.9 Å². The predicted molar refractivity (Wildman–Crippen MR) is 70.5 cm³/mol. The van der Waals surface area contributed by atoms with Crippen LogP contribution < -0.4 is 4.90 Å². The summed E-state index contributed by atoms with van der Waals surface area (Å²) < 4.78 is 1.79. The molecule has 0 atom stereocenters. The van der Waals surface area contributed by atoms with Crippen molar-refractivity contribution in [2.24, 2.45) is 7.05 Å². The summed E-state index contributed by atoms with van der Waals surface area (Å²) in [6.45, 7) is 0.978. The van der Waals surface area contributed by atoms with Crippen LogP contribution in [0.1, 0.15) is 12.8 Å². The molecular formula is C11H14BrN5. The fourth-order valence-corrected chi connectivity index (χ4v) is 2.50. The Balaban J connectivity index is 2.08. The van der Waals surface area contributed by atoms with Gasteiger partial charge in [0.2, 0.25) is 0 Å². The Morgan fingerprint density at radius 3 is 3.00 bits per heavy atom. The molecule has 0 aliphatic heterocycles. The molecule has 3 rings (SSSR count). The Hall–Kier alpha value is -1.17. The number of alkyl halides is 1. The van der Waals surface area contributed by atoms with Gasteiger partial charge in [0.15, 0.2) is 5.65 Å². The minimum absolute atomic E-state index is 0.644. The van der Waals surface area contributed by atoms with Crippen LogP contribution in [0.25, 0.3) is 11.0 Å². The Morgan fingerprint density at radius 1 is 1.47 bits per heavy atom. The normalized spacial score (nSPS) is 15.4. The topological polar surface area (TPSA) is 46.8 Å². The molecule has 2 heterocycles. The van der Waals surface area contributed by atoms with Crippen LogP contribution in [0.3, 0.4) is 0 Å². The summed E-state index contributed by atoms with van der Waals surface area (Å²) >= 11 is 3.51. The highest BCUT2D eigenvalue weighted by Crippen LogP contribution is 2.33. The van der Waals surface area contributed by atoms with Crippen molar-refractivity contribution in [3.8, 4) is 0 Å². The number of rotatable bonds is 4. The van der Waals surface area contributed by atoms with Gasteiger partial charge in [0, 0.05) is 25.0 Å². The number of nitrogens with zero attached hydrogens (tertiary/aromatic N) is 5. The Kier molecular flexibility index (Phi) is 2.74. The van der Waals surface area contributed by atoms with Crippen LogP contribution in [0, 0.1) is 0 Å². The second kappa shape index (κ2) is 4.25. The first-order valence-electron chi connectivity index (χ1n) is 5.76. The van der Waals surface area contributed by atoms with Crippen molar-refractivity contribution in [1.29, 1.82) is 0 Å². The first kappa shape index (κ1) is 11.0. The van der Waals surface area contributed by atoms with E-state index in [2.05, 4.69) is 35.9 Å². The highest BCUT2D eigenvalue weighted by Gasteiger charge is 2.30. The van der Waals surface area contributed by atoms with Gasteiger partial charge in [-0.1, -0.05) is 15.9 Å². The average molecular weight is 296 g/mol. The quantitative estimate of drug-likeness (QED) is 0.806.